The highest BCUT2D eigenvalue weighted by Crippen LogP contribution is 2.10. The van der Waals surface area contributed by atoms with E-state index in [9.17, 15) is 4.39 Å². The summed E-state index contributed by atoms with van der Waals surface area (Å²) in [5, 5.41) is 6.37. The van der Waals surface area contributed by atoms with Crippen LogP contribution >= 0.6 is 0 Å². The molecule has 5 heteroatoms. The normalized spacial score (nSPS) is 11.1. The van der Waals surface area contributed by atoms with Crippen molar-refractivity contribution in [1.82, 2.24) is 10.6 Å². The monoisotopic (exact) mass is 301 g/mol. The molecule has 0 bridgehead atoms. The molecule has 0 aliphatic carbocycles. The molecule has 0 aliphatic rings. The summed E-state index contributed by atoms with van der Waals surface area (Å²) in [6, 6.07) is 14.3. The van der Waals surface area contributed by atoms with E-state index in [-0.39, 0.29) is 5.82 Å². The van der Waals surface area contributed by atoms with Crippen molar-refractivity contribution in [2.24, 2.45) is 4.99 Å². The van der Waals surface area contributed by atoms with Crippen LogP contribution in [0.1, 0.15) is 11.1 Å². The maximum atomic E-state index is 13.1. The molecule has 2 aromatic carbocycles. The highest BCUT2D eigenvalue weighted by atomic mass is 19.1. The lowest BCUT2D eigenvalue weighted by molar-refractivity contribution is 0.414. The van der Waals surface area contributed by atoms with Gasteiger partial charge in [-0.3, -0.25) is 4.99 Å². The fourth-order valence-electron chi connectivity index (χ4n) is 1.98. The molecular formula is C17H20FN3O. The number of aliphatic imine (C=N–C) groups is 1. The van der Waals surface area contributed by atoms with Crippen molar-refractivity contribution in [3.63, 3.8) is 0 Å². The molecule has 2 aromatic rings. The fraction of sp³-hybridized carbons (Fsp3) is 0.235. The lowest BCUT2D eigenvalue weighted by Gasteiger charge is -2.12. The highest BCUT2D eigenvalue weighted by Gasteiger charge is 2.00. The van der Waals surface area contributed by atoms with E-state index in [4.69, 9.17) is 4.74 Å². The molecule has 116 valence electrons. The number of hydrogen-bond donors (Lipinski definition) is 2. The van der Waals surface area contributed by atoms with E-state index < -0.39 is 0 Å². The van der Waals surface area contributed by atoms with Crippen LogP contribution in [0.4, 0.5) is 4.39 Å². The number of nitrogens with one attached hydrogen (secondary N) is 2. The van der Waals surface area contributed by atoms with Crippen molar-refractivity contribution in [3.05, 3.63) is 65.5 Å². The van der Waals surface area contributed by atoms with Gasteiger partial charge in [0.2, 0.25) is 0 Å². The maximum Gasteiger partial charge on any atom is 0.191 e. The predicted octanol–water partition coefficient (Wildman–Crippen LogP) is 2.70. The molecule has 0 amide bonds. The van der Waals surface area contributed by atoms with Gasteiger partial charge in [-0.05, 0) is 35.4 Å². The lowest BCUT2D eigenvalue weighted by atomic mass is 10.2. The van der Waals surface area contributed by atoms with Crippen molar-refractivity contribution in [3.8, 4) is 5.75 Å². The average molecular weight is 301 g/mol. The smallest absolute Gasteiger partial charge is 0.191 e. The first-order chi connectivity index (χ1) is 10.7. The Kier molecular flexibility index (Phi) is 5.77. The van der Waals surface area contributed by atoms with E-state index in [2.05, 4.69) is 15.6 Å². The first-order valence-electron chi connectivity index (χ1n) is 7.03. The Bertz CT molecular complexity index is 626. The Hall–Kier alpha value is -2.56. The minimum absolute atomic E-state index is 0.236. The molecule has 0 saturated carbocycles. The number of benzene rings is 2. The van der Waals surface area contributed by atoms with Crippen LogP contribution in [0.2, 0.25) is 0 Å². The first kappa shape index (κ1) is 15.8. The molecule has 0 saturated heterocycles. The first-order valence-corrected chi connectivity index (χ1v) is 7.03. The zero-order valence-corrected chi connectivity index (χ0v) is 12.8. The third kappa shape index (κ3) is 4.77. The predicted molar refractivity (Wildman–Crippen MR) is 86.4 cm³/mol. The Balaban J connectivity index is 1.84. The van der Waals surface area contributed by atoms with Crippen LogP contribution in [0.15, 0.2) is 53.5 Å². The van der Waals surface area contributed by atoms with Crippen molar-refractivity contribution < 1.29 is 9.13 Å². The lowest BCUT2D eigenvalue weighted by Crippen LogP contribution is -2.36. The van der Waals surface area contributed by atoms with Crippen molar-refractivity contribution in [2.45, 2.75) is 13.1 Å². The second-order valence-electron chi connectivity index (χ2n) is 4.76. The fourth-order valence-corrected chi connectivity index (χ4v) is 1.98. The van der Waals surface area contributed by atoms with Crippen LogP contribution in [-0.2, 0) is 13.1 Å². The summed E-state index contributed by atoms with van der Waals surface area (Å²) in [6.07, 6.45) is 0. The Morgan fingerprint density at radius 2 is 1.73 bits per heavy atom. The molecule has 4 nitrogen and oxygen atoms in total. The molecule has 0 spiro atoms. The molecule has 0 radical (unpaired) electrons. The van der Waals surface area contributed by atoms with Crippen molar-refractivity contribution in [2.75, 3.05) is 14.2 Å². The summed E-state index contributed by atoms with van der Waals surface area (Å²) in [5.41, 5.74) is 1.99. The summed E-state index contributed by atoms with van der Waals surface area (Å²) < 4.78 is 18.2. The third-order valence-corrected chi connectivity index (χ3v) is 3.19. The Morgan fingerprint density at radius 1 is 1.05 bits per heavy atom. The number of ether oxygens (including phenoxy) is 1. The standard InChI is InChI=1S/C17H20FN3O/c1-19-17(21-12-14-4-3-5-15(18)10-14)20-11-13-6-8-16(22-2)9-7-13/h3-10H,11-12H2,1-2H3,(H2,19,20,21). The van der Waals surface area contributed by atoms with Gasteiger partial charge < -0.3 is 15.4 Å². The average Bonchev–Trinajstić information content (AvgIpc) is 2.55. The van der Waals surface area contributed by atoms with E-state index >= 15 is 0 Å². The van der Waals surface area contributed by atoms with Crippen LogP contribution in [0, 0.1) is 5.82 Å². The molecule has 2 rings (SSSR count). The van der Waals surface area contributed by atoms with Gasteiger partial charge in [-0.25, -0.2) is 4.39 Å². The summed E-state index contributed by atoms with van der Waals surface area (Å²) in [4.78, 5) is 4.15. The highest BCUT2D eigenvalue weighted by molar-refractivity contribution is 5.79. The van der Waals surface area contributed by atoms with Gasteiger partial charge >= 0.3 is 0 Å². The van der Waals surface area contributed by atoms with E-state index in [0.717, 1.165) is 16.9 Å². The molecule has 2 N–H and O–H groups in total. The van der Waals surface area contributed by atoms with Gasteiger partial charge in [-0.2, -0.15) is 0 Å². The van der Waals surface area contributed by atoms with E-state index in [1.54, 1.807) is 20.2 Å². The largest absolute Gasteiger partial charge is 0.497 e. The molecule has 0 aromatic heterocycles. The van der Waals surface area contributed by atoms with Gasteiger partial charge in [0, 0.05) is 20.1 Å². The van der Waals surface area contributed by atoms with E-state index in [1.807, 2.05) is 30.3 Å². The van der Waals surface area contributed by atoms with Gasteiger partial charge in [0.25, 0.3) is 0 Å². The maximum absolute atomic E-state index is 13.1. The van der Waals surface area contributed by atoms with Gasteiger partial charge in [0.15, 0.2) is 5.96 Å². The second kappa shape index (κ2) is 8.02. The molecule has 22 heavy (non-hydrogen) atoms. The van der Waals surface area contributed by atoms with Crippen molar-refractivity contribution in [1.29, 1.82) is 0 Å². The number of guanidine groups is 1. The molecular weight excluding hydrogens is 281 g/mol. The number of methoxy groups -OCH3 is 1. The molecule has 0 heterocycles. The zero-order valence-electron chi connectivity index (χ0n) is 12.8. The number of nitrogens with zero attached hydrogens (tertiary/aromatic N) is 1. The SMILES string of the molecule is CN=C(NCc1ccc(OC)cc1)NCc1cccc(F)c1. The number of hydrogen-bond acceptors (Lipinski definition) is 2. The quantitative estimate of drug-likeness (QED) is 0.659. The van der Waals surface area contributed by atoms with Crippen LogP contribution in [0.25, 0.3) is 0 Å². The molecule has 0 atom stereocenters. The van der Waals surface area contributed by atoms with Gasteiger partial charge in [-0.1, -0.05) is 24.3 Å². The summed E-state index contributed by atoms with van der Waals surface area (Å²) in [6.45, 7) is 1.16. The number of halogens is 1. The van der Waals surface area contributed by atoms with E-state index in [1.165, 1.54) is 12.1 Å². The second-order valence-corrected chi connectivity index (χ2v) is 4.76. The van der Waals surface area contributed by atoms with Gasteiger partial charge in [-0.15, -0.1) is 0 Å². The van der Waals surface area contributed by atoms with Crippen LogP contribution in [0.5, 0.6) is 5.75 Å². The third-order valence-electron chi connectivity index (χ3n) is 3.19. The molecule has 0 unspecified atom stereocenters. The van der Waals surface area contributed by atoms with Crippen LogP contribution in [-0.4, -0.2) is 20.1 Å². The van der Waals surface area contributed by atoms with Crippen LogP contribution in [0.3, 0.4) is 0 Å². The number of rotatable bonds is 5. The van der Waals surface area contributed by atoms with E-state index in [0.29, 0.717) is 19.0 Å². The minimum atomic E-state index is -0.236. The Morgan fingerprint density at radius 3 is 2.32 bits per heavy atom. The summed E-state index contributed by atoms with van der Waals surface area (Å²) in [5.74, 6) is 1.26. The van der Waals surface area contributed by atoms with Gasteiger partial charge in [0.1, 0.15) is 11.6 Å². The zero-order chi connectivity index (χ0) is 15.8. The Labute approximate surface area is 130 Å². The molecule has 0 fully saturated rings. The minimum Gasteiger partial charge on any atom is -0.497 e. The van der Waals surface area contributed by atoms with Crippen molar-refractivity contribution >= 4 is 5.96 Å². The van der Waals surface area contributed by atoms with Gasteiger partial charge in [0.05, 0.1) is 7.11 Å². The van der Waals surface area contributed by atoms with Crippen LogP contribution < -0.4 is 15.4 Å². The topological polar surface area (TPSA) is 45.7 Å². The summed E-state index contributed by atoms with van der Waals surface area (Å²) in [7, 11) is 3.35. The summed E-state index contributed by atoms with van der Waals surface area (Å²) >= 11 is 0. The molecule has 0 aliphatic heterocycles.